The number of ether oxygens (including phenoxy) is 1. The van der Waals surface area contributed by atoms with Gasteiger partial charge in [0.1, 0.15) is 11.9 Å². The normalized spacial score (nSPS) is 12.6. The molecule has 0 aromatic heterocycles. The van der Waals surface area contributed by atoms with Crippen molar-refractivity contribution in [2.45, 2.75) is 40.7 Å². The van der Waals surface area contributed by atoms with E-state index in [1.54, 1.807) is 0 Å². The molecule has 0 aliphatic rings. The molecule has 16 heavy (non-hydrogen) atoms. The molecule has 1 unspecified atom stereocenters. The van der Waals surface area contributed by atoms with Crippen molar-refractivity contribution in [2.24, 2.45) is 0 Å². The van der Waals surface area contributed by atoms with E-state index in [1.807, 2.05) is 0 Å². The van der Waals surface area contributed by atoms with E-state index in [0.717, 1.165) is 18.8 Å². The second kappa shape index (κ2) is 5.90. The highest BCUT2D eigenvalue weighted by molar-refractivity contribution is 5.42. The molecule has 0 bridgehead atoms. The van der Waals surface area contributed by atoms with E-state index in [-0.39, 0.29) is 6.10 Å². The van der Waals surface area contributed by atoms with Crippen LogP contribution in [0.2, 0.25) is 0 Å². The molecule has 0 aliphatic carbocycles. The summed E-state index contributed by atoms with van der Waals surface area (Å²) in [5.41, 5.74) is 3.80. The molecule has 0 amide bonds. The Morgan fingerprint density at radius 3 is 2.56 bits per heavy atom. The number of benzene rings is 1. The second-order valence-electron chi connectivity index (χ2n) is 4.44. The maximum absolute atomic E-state index is 5.95. The highest BCUT2D eigenvalue weighted by Gasteiger charge is 2.08. The molecule has 1 aromatic rings. The molecule has 1 atom stereocenters. The minimum Gasteiger partial charge on any atom is -0.489 e. The van der Waals surface area contributed by atoms with Crippen molar-refractivity contribution in [1.29, 1.82) is 0 Å². The predicted octanol–water partition coefficient (Wildman–Crippen LogP) is 2.99. The van der Waals surface area contributed by atoms with Gasteiger partial charge in [0.25, 0.3) is 0 Å². The molecule has 90 valence electrons. The molecule has 0 fully saturated rings. The van der Waals surface area contributed by atoms with E-state index in [2.05, 4.69) is 52.1 Å². The molecule has 0 radical (unpaired) electrons. The zero-order valence-corrected chi connectivity index (χ0v) is 11.1. The predicted molar refractivity (Wildman–Crippen MR) is 69.3 cm³/mol. The van der Waals surface area contributed by atoms with Crippen LogP contribution in [0.15, 0.2) is 12.1 Å². The Bertz CT molecular complexity index is 347. The van der Waals surface area contributed by atoms with Crippen LogP contribution in [0.4, 0.5) is 0 Å². The summed E-state index contributed by atoms with van der Waals surface area (Å²) in [6.45, 7) is 12.4. The Hall–Kier alpha value is -1.02. The van der Waals surface area contributed by atoms with E-state index >= 15 is 0 Å². The monoisotopic (exact) mass is 221 g/mol. The summed E-state index contributed by atoms with van der Waals surface area (Å²) < 4.78 is 5.95. The molecule has 1 aromatic carbocycles. The topological polar surface area (TPSA) is 21.3 Å². The first-order chi connectivity index (χ1) is 7.54. The minimum absolute atomic E-state index is 0.208. The smallest absolute Gasteiger partial charge is 0.123 e. The van der Waals surface area contributed by atoms with Gasteiger partial charge in [-0.15, -0.1) is 0 Å². The Kier molecular flexibility index (Phi) is 4.81. The summed E-state index contributed by atoms with van der Waals surface area (Å²) in [6, 6.07) is 4.31. The number of nitrogens with one attached hydrogen (secondary N) is 1. The number of aryl methyl sites for hydroxylation is 2. The van der Waals surface area contributed by atoms with Gasteiger partial charge in [-0.1, -0.05) is 13.0 Å². The maximum atomic E-state index is 5.95. The Balaban J connectivity index is 2.72. The molecule has 0 aliphatic heterocycles. The van der Waals surface area contributed by atoms with E-state index < -0.39 is 0 Å². The van der Waals surface area contributed by atoms with Gasteiger partial charge in [-0.2, -0.15) is 0 Å². The fraction of sp³-hybridized carbons (Fsp3) is 0.571. The fourth-order valence-electron chi connectivity index (χ4n) is 1.73. The molecule has 2 nitrogen and oxygen atoms in total. The fourth-order valence-corrected chi connectivity index (χ4v) is 1.73. The molecule has 1 N–H and O–H groups in total. The standard InChI is InChI=1S/C14H23NO/c1-6-15-9-12(4)16-14-8-10(2)7-11(3)13(14)5/h7-8,12,15H,6,9H2,1-5H3. The van der Waals surface area contributed by atoms with Crippen molar-refractivity contribution in [1.82, 2.24) is 5.32 Å². The Morgan fingerprint density at radius 2 is 1.94 bits per heavy atom. The molecule has 0 saturated heterocycles. The zero-order valence-electron chi connectivity index (χ0n) is 11.1. The lowest BCUT2D eigenvalue weighted by Crippen LogP contribution is -2.28. The van der Waals surface area contributed by atoms with Crippen molar-refractivity contribution in [2.75, 3.05) is 13.1 Å². The van der Waals surface area contributed by atoms with Gasteiger partial charge >= 0.3 is 0 Å². The third-order valence-corrected chi connectivity index (χ3v) is 2.77. The third-order valence-electron chi connectivity index (χ3n) is 2.77. The van der Waals surface area contributed by atoms with Crippen LogP contribution >= 0.6 is 0 Å². The van der Waals surface area contributed by atoms with Crippen LogP contribution in [-0.2, 0) is 0 Å². The van der Waals surface area contributed by atoms with Crippen LogP contribution in [0.25, 0.3) is 0 Å². The first-order valence-corrected chi connectivity index (χ1v) is 5.99. The van der Waals surface area contributed by atoms with E-state index in [4.69, 9.17) is 4.74 Å². The zero-order chi connectivity index (χ0) is 12.1. The van der Waals surface area contributed by atoms with E-state index in [9.17, 15) is 0 Å². The first kappa shape index (κ1) is 13.0. The summed E-state index contributed by atoms with van der Waals surface area (Å²) >= 11 is 0. The summed E-state index contributed by atoms with van der Waals surface area (Å²) in [5, 5.41) is 3.29. The van der Waals surface area contributed by atoms with Crippen molar-refractivity contribution < 1.29 is 4.74 Å². The van der Waals surface area contributed by atoms with Gasteiger partial charge in [0.15, 0.2) is 0 Å². The number of likely N-dealkylation sites (N-methyl/N-ethyl adjacent to an activating group) is 1. The van der Waals surface area contributed by atoms with Gasteiger partial charge in [-0.3, -0.25) is 0 Å². The molecule has 0 saturated carbocycles. The molecule has 0 spiro atoms. The maximum Gasteiger partial charge on any atom is 0.123 e. The van der Waals surface area contributed by atoms with Crippen LogP contribution in [0.5, 0.6) is 5.75 Å². The quantitative estimate of drug-likeness (QED) is 0.825. The highest BCUT2D eigenvalue weighted by atomic mass is 16.5. The summed E-state index contributed by atoms with van der Waals surface area (Å²) in [5.74, 6) is 1.02. The molecular weight excluding hydrogens is 198 g/mol. The Morgan fingerprint density at radius 1 is 1.25 bits per heavy atom. The van der Waals surface area contributed by atoms with Crippen LogP contribution in [0.1, 0.15) is 30.5 Å². The average molecular weight is 221 g/mol. The highest BCUT2D eigenvalue weighted by Crippen LogP contribution is 2.24. The van der Waals surface area contributed by atoms with Gasteiger partial charge in [0.05, 0.1) is 0 Å². The summed E-state index contributed by atoms with van der Waals surface area (Å²) in [4.78, 5) is 0. The molecular formula is C14H23NO. The van der Waals surface area contributed by atoms with Crippen molar-refractivity contribution in [3.05, 3.63) is 28.8 Å². The van der Waals surface area contributed by atoms with Gasteiger partial charge in [-0.05, 0) is 57.0 Å². The Labute approximate surface area is 99.0 Å². The first-order valence-electron chi connectivity index (χ1n) is 5.99. The van der Waals surface area contributed by atoms with Crippen LogP contribution < -0.4 is 10.1 Å². The summed E-state index contributed by atoms with van der Waals surface area (Å²) in [6.07, 6.45) is 0.208. The number of rotatable bonds is 5. The van der Waals surface area contributed by atoms with Gasteiger partial charge in [-0.25, -0.2) is 0 Å². The van der Waals surface area contributed by atoms with Gasteiger partial charge in [0.2, 0.25) is 0 Å². The van der Waals surface area contributed by atoms with Gasteiger partial charge in [0, 0.05) is 6.54 Å². The molecule has 1 rings (SSSR count). The average Bonchev–Trinajstić information content (AvgIpc) is 2.22. The number of hydrogen-bond acceptors (Lipinski definition) is 2. The van der Waals surface area contributed by atoms with E-state index in [0.29, 0.717) is 0 Å². The third kappa shape index (κ3) is 3.53. The van der Waals surface area contributed by atoms with Crippen molar-refractivity contribution in [3.63, 3.8) is 0 Å². The molecule has 0 heterocycles. The van der Waals surface area contributed by atoms with Crippen LogP contribution in [0, 0.1) is 20.8 Å². The number of hydrogen-bond donors (Lipinski definition) is 1. The summed E-state index contributed by atoms with van der Waals surface area (Å²) in [7, 11) is 0. The van der Waals surface area contributed by atoms with Gasteiger partial charge < -0.3 is 10.1 Å². The SMILES string of the molecule is CCNCC(C)Oc1cc(C)cc(C)c1C. The molecule has 2 heteroatoms. The second-order valence-corrected chi connectivity index (χ2v) is 4.44. The van der Waals surface area contributed by atoms with E-state index in [1.165, 1.54) is 16.7 Å². The lowest BCUT2D eigenvalue weighted by Gasteiger charge is -2.18. The lowest BCUT2D eigenvalue weighted by molar-refractivity contribution is 0.216. The van der Waals surface area contributed by atoms with Crippen molar-refractivity contribution in [3.8, 4) is 5.75 Å². The van der Waals surface area contributed by atoms with Crippen LogP contribution in [0.3, 0.4) is 0 Å². The minimum atomic E-state index is 0.208. The lowest BCUT2D eigenvalue weighted by atomic mass is 10.1. The van der Waals surface area contributed by atoms with Crippen molar-refractivity contribution >= 4 is 0 Å². The largest absolute Gasteiger partial charge is 0.489 e. The van der Waals surface area contributed by atoms with Crippen LogP contribution in [-0.4, -0.2) is 19.2 Å².